The lowest BCUT2D eigenvalue weighted by molar-refractivity contribution is -0.116. The second-order valence-corrected chi connectivity index (χ2v) is 7.41. The molecule has 0 radical (unpaired) electrons. The molecule has 0 aliphatic rings. The zero-order valence-electron chi connectivity index (χ0n) is 18.1. The van der Waals surface area contributed by atoms with Gasteiger partial charge in [0.15, 0.2) is 0 Å². The van der Waals surface area contributed by atoms with Crippen molar-refractivity contribution in [3.63, 3.8) is 0 Å². The lowest BCUT2D eigenvalue weighted by Crippen LogP contribution is -2.28. The monoisotopic (exact) mass is 453 g/mol. The summed E-state index contributed by atoms with van der Waals surface area (Å²) in [4.78, 5) is 34.3. The lowest BCUT2D eigenvalue weighted by Gasteiger charge is -2.13. The Balaban J connectivity index is 1.51. The zero-order valence-corrected chi connectivity index (χ0v) is 18.1. The Morgan fingerprint density at radius 3 is 2.65 bits per heavy atom. The summed E-state index contributed by atoms with van der Waals surface area (Å²) in [7, 11) is 1.53. The SMILES string of the molecule is COc1ccccc1NC(=O)Cn1c(=O)cc(-c2nc(-c3ccncc3)no2)c2ccccc21. The molecule has 1 amide bonds. The standard InChI is InChI=1S/C25H19N5O4/c1-33-21-9-5-3-7-19(21)27-22(31)15-30-20-8-4-2-6-17(20)18(14-23(30)32)25-28-24(29-34-25)16-10-12-26-13-11-16/h2-14H,15H2,1H3,(H,27,31). The van der Waals surface area contributed by atoms with Crippen molar-refractivity contribution < 1.29 is 14.1 Å². The summed E-state index contributed by atoms with van der Waals surface area (Å²) in [6.07, 6.45) is 3.27. The van der Waals surface area contributed by atoms with Gasteiger partial charge in [-0.3, -0.25) is 19.1 Å². The first kappa shape index (κ1) is 21.1. The number of aromatic nitrogens is 4. The van der Waals surface area contributed by atoms with Crippen LogP contribution in [-0.4, -0.2) is 32.7 Å². The number of pyridine rings is 2. The Labute approximate surface area is 193 Å². The van der Waals surface area contributed by atoms with Crippen LogP contribution < -0.4 is 15.6 Å². The molecule has 0 spiro atoms. The molecule has 3 aromatic heterocycles. The number of benzene rings is 2. The molecule has 168 valence electrons. The number of anilines is 1. The van der Waals surface area contributed by atoms with Crippen molar-refractivity contribution in [2.24, 2.45) is 0 Å². The minimum absolute atomic E-state index is 0.177. The maximum absolute atomic E-state index is 13.1. The molecule has 0 unspecified atom stereocenters. The molecule has 5 aromatic rings. The summed E-state index contributed by atoms with van der Waals surface area (Å²) >= 11 is 0. The largest absolute Gasteiger partial charge is 0.495 e. The van der Waals surface area contributed by atoms with Crippen LogP contribution in [0.2, 0.25) is 0 Å². The minimum Gasteiger partial charge on any atom is -0.495 e. The van der Waals surface area contributed by atoms with E-state index in [0.717, 1.165) is 5.56 Å². The van der Waals surface area contributed by atoms with Gasteiger partial charge >= 0.3 is 0 Å². The number of ether oxygens (including phenoxy) is 1. The van der Waals surface area contributed by atoms with Gasteiger partial charge in [0.25, 0.3) is 11.4 Å². The van der Waals surface area contributed by atoms with E-state index in [1.165, 1.54) is 17.7 Å². The summed E-state index contributed by atoms with van der Waals surface area (Å²) in [6, 6.07) is 19.3. The van der Waals surface area contributed by atoms with E-state index in [2.05, 4.69) is 20.4 Å². The number of amides is 1. The number of carbonyl (C=O) groups is 1. The third-order valence-electron chi connectivity index (χ3n) is 5.30. The summed E-state index contributed by atoms with van der Waals surface area (Å²) in [5.74, 6) is 0.777. The first-order valence-corrected chi connectivity index (χ1v) is 10.4. The highest BCUT2D eigenvalue weighted by Crippen LogP contribution is 2.28. The Hall–Kier alpha value is -4.79. The predicted octanol–water partition coefficient (Wildman–Crippen LogP) is 3.76. The maximum atomic E-state index is 13.1. The minimum atomic E-state index is -0.368. The summed E-state index contributed by atoms with van der Waals surface area (Å²) in [5.41, 5.74) is 1.97. The van der Waals surface area contributed by atoms with Crippen LogP contribution in [0.4, 0.5) is 5.69 Å². The van der Waals surface area contributed by atoms with E-state index in [9.17, 15) is 9.59 Å². The molecule has 5 rings (SSSR count). The van der Waals surface area contributed by atoms with E-state index < -0.39 is 0 Å². The van der Waals surface area contributed by atoms with Crippen LogP contribution in [0.3, 0.4) is 0 Å². The van der Waals surface area contributed by atoms with Gasteiger partial charge in [0, 0.05) is 29.4 Å². The van der Waals surface area contributed by atoms with E-state index in [4.69, 9.17) is 9.26 Å². The highest BCUT2D eigenvalue weighted by atomic mass is 16.5. The first-order valence-electron chi connectivity index (χ1n) is 10.4. The molecule has 9 heteroatoms. The first-order chi connectivity index (χ1) is 16.6. The highest BCUT2D eigenvalue weighted by molar-refractivity contribution is 5.96. The topological polar surface area (TPSA) is 112 Å². The Bertz CT molecular complexity index is 1540. The number of fused-ring (bicyclic) bond motifs is 1. The van der Waals surface area contributed by atoms with Crippen LogP contribution in [-0.2, 0) is 11.3 Å². The van der Waals surface area contributed by atoms with Gasteiger partial charge in [-0.2, -0.15) is 4.98 Å². The van der Waals surface area contributed by atoms with Crippen LogP contribution in [0.1, 0.15) is 0 Å². The van der Waals surface area contributed by atoms with Gasteiger partial charge in [0.2, 0.25) is 11.7 Å². The highest BCUT2D eigenvalue weighted by Gasteiger charge is 2.18. The molecular weight excluding hydrogens is 434 g/mol. The molecule has 0 aliphatic heterocycles. The lowest BCUT2D eigenvalue weighted by atomic mass is 10.1. The quantitative estimate of drug-likeness (QED) is 0.417. The van der Waals surface area contributed by atoms with Crippen LogP contribution in [0, 0.1) is 0 Å². The molecule has 0 fully saturated rings. The number of nitrogens with one attached hydrogen (secondary N) is 1. The van der Waals surface area contributed by atoms with Crippen molar-refractivity contribution >= 4 is 22.5 Å². The Morgan fingerprint density at radius 1 is 1.06 bits per heavy atom. The smallest absolute Gasteiger partial charge is 0.259 e. The van der Waals surface area contributed by atoms with Crippen molar-refractivity contribution in [2.75, 3.05) is 12.4 Å². The van der Waals surface area contributed by atoms with Gasteiger partial charge in [0.05, 0.1) is 23.9 Å². The molecule has 34 heavy (non-hydrogen) atoms. The molecule has 0 aliphatic carbocycles. The van der Waals surface area contributed by atoms with Crippen LogP contribution >= 0.6 is 0 Å². The summed E-state index contributed by atoms with van der Waals surface area (Å²) in [6.45, 7) is -0.177. The summed E-state index contributed by atoms with van der Waals surface area (Å²) < 4.78 is 12.2. The van der Waals surface area contributed by atoms with Gasteiger partial charge < -0.3 is 14.6 Å². The average Bonchev–Trinajstić information content (AvgIpc) is 3.37. The molecule has 0 saturated carbocycles. The zero-order chi connectivity index (χ0) is 23.5. The third kappa shape index (κ3) is 4.02. The van der Waals surface area contributed by atoms with E-state index in [1.54, 1.807) is 54.9 Å². The fourth-order valence-electron chi connectivity index (χ4n) is 3.71. The molecular formula is C25H19N5O4. The number of para-hydroxylation sites is 3. The summed E-state index contributed by atoms with van der Waals surface area (Å²) in [5, 5.41) is 7.54. The third-order valence-corrected chi connectivity index (χ3v) is 5.30. The van der Waals surface area contributed by atoms with Crippen LogP contribution in [0.5, 0.6) is 5.75 Å². The molecule has 2 aromatic carbocycles. The number of hydrogen-bond acceptors (Lipinski definition) is 7. The van der Waals surface area contributed by atoms with Gasteiger partial charge in [-0.15, -0.1) is 0 Å². The second kappa shape index (κ2) is 8.99. The maximum Gasteiger partial charge on any atom is 0.259 e. The van der Waals surface area contributed by atoms with Crippen molar-refractivity contribution in [3.8, 4) is 28.6 Å². The average molecular weight is 453 g/mol. The number of hydrogen-bond donors (Lipinski definition) is 1. The molecule has 0 bridgehead atoms. The van der Waals surface area contributed by atoms with Crippen LogP contribution in [0.25, 0.3) is 33.7 Å². The second-order valence-electron chi connectivity index (χ2n) is 7.41. The van der Waals surface area contributed by atoms with Gasteiger partial charge in [-0.25, -0.2) is 0 Å². The predicted molar refractivity (Wildman–Crippen MR) is 126 cm³/mol. The van der Waals surface area contributed by atoms with Crippen LogP contribution in [0.15, 0.2) is 88.4 Å². The van der Waals surface area contributed by atoms with E-state index in [0.29, 0.717) is 33.7 Å². The molecule has 0 saturated heterocycles. The van der Waals surface area contributed by atoms with Gasteiger partial charge in [-0.05, 0) is 30.3 Å². The number of nitrogens with zero attached hydrogens (tertiary/aromatic N) is 4. The number of methoxy groups -OCH3 is 1. The Morgan fingerprint density at radius 2 is 1.82 bits per heavy atom. The molecule has 0 atom stereocenters. The Kier molecular flexibility index (Phi) is 5.57. The molecule has 9 nitrogen and oxygen atoms in total. The van der Waals surface area contributed by atoms with Crippen molar-refractivity contribution in [2.45, 2.75) is 6.54 Å². The number of rotatable bonds is 6. The molecule has 1 N–H and O–H groups in total. The van der Waals surface area contributed by atoms with Crippen molar-refractivity contribution in [3.05, 3.63) is 89.5 Å². The molecule has 3 heterocycles. The fraction of sp³-hybridized carbons (Fsp3) is 0.0800. The van der Waals surface area contributed by atoms with E-state index in [1.807, 2.05) is 18.2 Å². The van der Waals surface area contributed by atoms with Gasteiger partial charge in [0.1, 0.15) is 12.3 Å². The number of carbonyl (C=O) groups excluding carboxylic acids is 1. The fourth-order valence-corrected chi connectivity index (χ4v) is 3.71. The van der Waals surface area contributed by atoms with Crippen molar-refractivity contribution in [1.82, 2.24) is 19.7 Å². The van der Waals surface area contributed by atoms with E-state index >= 15 is 0 Å². The van der Waals surface area contributed by atoms with Gasteiger partial charge in [-0.1, -0.05) is 35.5 Å². The van der Waals surface area contributed by atoms with E-state index in [-0.39, 0.29) is 23.9 Å². The van der Waals surface area contributed by atoms with Crippen molar-refractivity contribution in [1.29, 1.82) is 0 Å². The normalized spacial score (nSPS) is 10.9.